The SMILES string of the molecule is COC(=O)c1c(NC(=O)CSc2nc3sc4c(c3c(=O)[nH]2)CCCC4)sc(C(=O)N(C)C)c1C. The number of hydrogen-bond donors (Lipinski definition) is 2. The fraction of sp³-hybridized carbons (Fsp3) is 0.409. The second-order valence-corrected chi connectivity index (χ2v) is 11.1. The zero-order valence-corrected chi connectivity index (χ0v) is 21.6. The minimum atomic E-state index is -0.632. The summed E-state index contributed by atoms with van der Waals surface area (Å²) in [5, 5.41) is 4.00. The highest BCUT2D eigenvalue weighted by molar-refractivity contribution is 7.99. The largest absolute Gasteiger partial charge is 0.465 e. The number of fused-ring (bicyclic) bond motifs is 3. The Balaban J connectivity index is 1.53. The molecule has 3 aromatic heterocycles. The molecule has 3 heterocycles. The van der Waals surface area contributed by atoms with Crippen LogP contribution in [0, 0.1) is 6.92 Å². The smallest absolute Gasteiger partial charge is 0.341 e. The third kappa shape index (κ3) is 4.62. The molecule has 0 atom stereocenters. The molecule has 0 radical (unpaired) electrons. The normalized spacial score (nSPS) is 12.9. The Morgan fingerprint density at radius 2 is 1.94 bits per heavy atom. The van der Waals surface area contributed by atoms with Crippen LogP contribution in [0.2, 0.25) is 0 Å². The lowest BCUT2D eigenvalue weighted by atomic mass is 9.97. The van der Waals surface area contributed by atoms with Crippen LogP contribution in [0.1, 0.15) is 48.9 Å². The number of amides is 2. The summed E-state index contributed by atoms with van der Waals surface area (Å²) in [7, 11) is 4.47. The number of carbonyl (C=O) groups is 3. The number of rotatable bonds is 6. The minimum Gasteiger partial charge on any atom is -0.465 e. The number of hydrogen-bond acceptors (Lipinski definition) is 9. The van der Waals surface area contributed by atoms with Gasteiger partial charge in [0.15, 0.2) is 5.16 Å². The van der Waals surface area contributed by atoms with Gasteiger partial charge in [0.1, 0.15) is 9.83 Å². The van der Waals surface area contributed by atoms with Crippen molar-refractivity contribution in [2.75, 3.05) is 32.3 Å². The number of aryl methyl sites for hydroxylation is 2. The summed E-state index contributed by atoms with van der Waals surface area (Å²) in [6, 6.07) is 0. The molecule has 0 spiro atoms. The summed E-state index contributed by atoms with van der Waals surface area (Å²) in [5.41, 5.74) is 1.55. The molecule has 2 N–H and O–H groups in total. The highest BCUT2D eigenvalue weighted by atomic mass is 32.2. The molecule has 1 aliphatic rings. The molecule has 0 aromatic carbocycles. The van der Waals surface area contributed by atoms with E-state index in [9.17, 15) is 19.2 Å². The van der Waals surface area contributed by atoms with E-state index < -0.39 is 11.9 Å². The zero-order valence-electron chi connectivity index (χ0n) is 19.2. The van der Waals surface area contributed by atoms with Crippen molar-refractivity contribution in [3.63, 3.8) is 0 Å². The molecule has 0 saturated heterocycles. The van der Waals surface area contributed by atoms with E-state index in [2.05, 4.69) is 15.3 Å². The van der Waals surface area contributed by atoms with Gasteiger partial charge in [0.05, 0.1) is 28.7 Å². The third-order valence-electron chi connectivity index (χ3n) is 5.53. The quantitative estimate of drug-likeness (QED) is 0.290. The highest BCUT2D eigenvalue weighted by Gasteiger charge is 2.27. The molecule has 3 aromatic rings. The molecule has 9 nitrogen and oxygen atoms in total. The lowest BCUT2D eigenvalue weighted by Crippen LogP contribution is -2.21. The molecule has 0 saturated carbocycles. The lowest BCUT2D eigenvalue weighted by Gasteiger charge is -2.09. The van der Waals surface area contributed by atoms with E-state index in [0.29, 0.717) is 25.8 Å². The van der Waals surface area contributed by atoms with Crippen molar-refractivity contribution in [3.05, 3.63) is 36.8 Å². The molecule has 0 bridgehead atoms. The number of nitrogens with zero attached hydrogens (tertiary/aromatic N) is 2. The van der Waals surface area contributed by atoms with Crippen LogP contribution in [-0.2, 0) is 22.4 Å². The van der Waals surface area contributed by atoms with Crippen molar-refractivity contribution in [1.82, 2.24) is 14.9 Å². The Bertz CT molecular complexity index is 1350. The molecule has 12 heteroatoms. The van der Waals surface area contributed by atoms with Crippen LogP contribution in [0.4, 0.5) is 5.00 Å². The van der Waals surface area contributed by atoms with E-state index in [0.717, 1.165) is 54.3 Å². The van der Waals surface area contributed by atoms with Gasteiger partial charge in [0, 0.05) is 19.0 Å². The average Bonchev–Trinajstić information content (AvgIpc) is 3.34. The van der Waals surface area contributed by atoms with Gasteiger partial charge in [-0.15, -0.1) is 22.7 Å². The molecular weight excluding hydrogens is 496 g/mol. The van der Waals surface area contributed by atoms with Crippen LogP contribution < -0.4 is 10.9 Å². The topological polar surface area (TPSA) is 121 Å². The fourth-order valence-electron chi connectivity index (χ4n) is 3.87. The number of H-pyrrole nitrogens is 1. The van der Waals surface area contributed by atoms with E-state index in [-0.39, 0.29) is 27.8 Å². The van der Waals surface area contributed by atoms with Crippen molar-refractivity contribution < 1.29 is 19.1 Å². The van der Waals surface area contributed by atoms with Crippen LogP contribution in [0.15, 0.2) is 9.95 Å². The first-order valence-corrected chi connectivity index (χ1v) is 13.2. The first-order valence-electron chi connectivity index (χ1n) is 10.6. The van der Waals surface area contributed by atoms with Gasteiger partial charge in [-0.2, -0.15) is 0 Å². The standard InChI is InChI=1S/C22H24N4O5S3/c1-10-14(21(30)31-4)18(34-16(10)20(29)26(2)3)23-13(27)9-32-22-24-17(28)15-11-7-5-6-8-12(11)33-19(15)25-22/h5-9H2,1-4H3,(H,23,27)(H,24,25,28). The molecule has 2 amide bonds. The van der Waals surface area contributed by atoms with E-state index in [1.807, 2.05) is 0 Å². The number of methoxy groups -OCH3 is 1. The molecule has 180 valence electrons. The Labute approximate surface area is 207 Å². The molecule has 1 aliphatic carbocycles. The Hall–Kier alpha value is -2.70. The summed E-state index contributed by atoms with van der Waals surface area (Å²) in [6.07, 6.45) is 4.07. The zero-order chi connectivity index (χ0) is 24.6. The summed E-state index contributed by atoms with van der Waals surface area (Å²) in [6.45, 7) is 1.65. The number of nitrogens with one attached hydrogen (secondary N) is 2. The van der Waals surface area contributed by atoms with Crippen LogP contribution >= 0.6 is 34.4 Å². The molecule has 0 fully saturated rings. The van der Waals surface area contributed by atoms with E-state index >= 15 is 0 Å². The number of anilines is 1. The third-order valence-corrected chi connectivity index (χ3v) is 8.79. The van der Waals surface area contributed by atoms with Crippen LogP contribution in [0.5, 0.6) is 0 Å². The molecule has 0 unspecified atom stereocenters. The average molecular weight is 521 g/mol. The Kier molecular flexibility index (Phi) is 7.10. The summed E-state index contributed by atoms with van der Waals surface area (Å²) in [5.74, 6) is -1.33. The summed E-state index contributed by atoms with van der Waals surface area (Å²) < 4.78 is 4.85. The Morgan fingerprint density at radius 3 is 2.65 bits per heavy atom. The van der Waals surface area contributed by atoms with Gasteiger partial charge in [-0.1, -0.05) is 11.8 Å². The number of aromatic amines is 1. The van der Waals surface area contributed by atoms with Gasteiger partial charge >= 0.3 is 5.97 Å². The van der Waals surface area contributed by atoms with Crippen LogP contribution in [0.25, 0.3) is 10.2 Å². The molecule has 0 aliphatic heterocycles. The fourth-order valence-corrected chi connectivity index (χ4v) is 7.08. The molecule has 4 rings (SSSR count). The number of carbonyl (C=O) groups excluding carboxylic acids is 3. The van der Waals surface area contributed by atoms with Crippen molar-refractivity contribution in [1.29, 1.82) is 0 Å². The number of thioether (sulfide) groups is 1. The van der Waals surface area contributed by atoms with Gasteiger partial charge in [-0.3, -0.25) is 14.4 Å². The number of esters is 1. The monoisotopic (exact) mass is 520 g/mol. The number of aromatic nitrogens is 2. The highest BCUT2D eigenvalue weighted by Crippen LogP contribution is 2.35. The van der Waals surface area contributed by atoms with Crippen molar-refractivity contribution in [3.8, 4) is 0 Å². The Morgan fingerprint density at radius 1 is 1.21 bits per heavy atom. The second kappa shape index (κ2) is 9.88. The maximum absolute atomic E-state index is 12.7. The molecular formula is C22H24N4O5S3. The number of thiophene rings is 2. The lowest BCUT2D eigenvalue weighted by molar-refractivity contribution is -0.113. The maximum atomic E-state index is 12.7. The predicted molar refractivity (Wildman–Crippen MR) is 135 cm³/mol. The van der Waals surface area contributed by atoms with Gasteiger partial charge in [0.25, 0.3) is 11.5 Å². The first-order chi connectivity index (χ1) is 16.2. The summed E-state index contributed by atoms with van der Waals surface area (Å²) in [4.78, 5) is 61.2. The van der Waals surface area contributed by atoms with Crippen molar-refractivity contribution in [2.45, 2.75) is 37.8 Å². The van der Waals surface area contributed by atoms with Crippen molar-refractivity contribution >= 4 is 67.4 Å². The number of ether oxygens (including phenoxy) is 1. The van der Waals surface area contributed by atoms with Crippen LogP contribution in [0.3, 0.4) is 0 Å². The first kappa shape index (κ1) is 24.4. The van der Waals surface area contributed by atoms with E-state index in [1.54, 1.807) is 32.4 Å². The van der Waals surface area contributed by atoms with Gasteiger partial charge in [-0.25, -0.2) is 9.78 Å². The van der Waals surface area contributed by atoms with Gasteiger partial charge in [0.2, 0.25) is 5.91 Å². The minimum absolute atomic E-state index is 0.0337. The summed E-state index contributed by atoms with van der Waals surface area (Å²) >= 11 is 3.69. The second-order valence-electron chi connectivity index (χ2n) is 8.05. The maximum Gasteiger partial charge on any atom is 0.341 e. The van der Waals surface area contributed by atoms with E-state index in [4.69, 9.17) is 4.74 Å². The van der Waals surface area contributed by atoms with Gasteiger partial charge < -0.3 is 19.9 Å². The van der Waals surface area contributed by atoms with E-state index in [1.165, 1.54) is 16.9 Å². The van der Waals surface area contributed by atoms with Crippen LogP contribution in [-0.4, -0.2) is 59.6 Å². The van der Waals surface area contributed by atoms with Crippen molar-refractivity contribution in [2.24, 2.45) is 0 Å². The predicted octanol–water partition coefficient (Wildman–Crippen LogP) is 3.45. The van der Waals surface area contributed by atoms with Gasteiger partial charge in [-0.05, 0) is 43.7 Å². The molecule has 34 heavy (non-hydrogen) atoms.